The molecule has 2 fully saturated rings. The van der Waals surface area contributed by atoms with Gasteiger partial charge in [-0.1, -0.05) is 0 Å². The van der Waals surface area contributed by atoms with Crippen LogP contribution in [0.3, 0.4) is 0 Å². The van der Waals surface area contributed by atoms with Crippen molar-refractivity contribution in [3.05, 3.63) is 11.4 Å². The van der Waals surface area contributed by atoms with Gasteiger partial charge in [-0.05, 0) is 40.5 Å². The van der Waals surface area contributed by atoms with E-state index < -0.39 is 17.7 Å². The van der Waals surface area contributed by atoms with Crippen molar-refractivity contribution in [3.63, 3.8) is 0 Å². The van der Waals surface area contributed by atoms with Crippen molar-refractivity contribution in [1.82, 2.24) is 10.2 Å². The van der Waals surface area contributed by atoms with E-state index >= 15 is 0 Å². The van der Waals surface area contributed by atoms with E-state index in [2.05, 4.69) is 10.2 Å². The number of ether oxygens (including phenoxy) is 2. The maximum absolute atomic E-state index is 12.0. The lowest BCUT2D eigenvalue weighted by atomic mass is 10.2. The summed E-state index contributed by atoms with van der Waals surface area (Å²) in [5.41, 5.74) is 0.479. The highest BCUT2D eigenvalue weighted by atomic mass is 16.6. The Morgan fingerprint density at radius 1 is 1.40 bits per heavy atom. The van der Waals surface area contributed by atoms with Gasteiger partial charge < -0.3 is 14.4 Å². The van der Waals surface area contributed by atoms with Crippen molar-refractivity contribution in [2.75, 3.05) is 13.2 Å². The fourth-order valence-corrected chi connectivity index (χ4v) is 2.32. The average molecular weight is 282 g/mol. The highest BCUT2D eigenvalue weighted by molar-refractivity contribution is 5.93. The molecule has 6 heteroatoms. The number of nitrogens with zero attached hydrogens (tertiary/aromatic N) is 1. The first-order chi connectivity index (χ1) is 9.31. The van der Waals surface area contributed by atoms with Crippen LogP contribution in [0.25, 0.3) is 0 Å². The third kappa shape index (κ3) is 3.43. The van der Waals surface area contributed by atoms with Crippen LogP contribution in [0.15, 0.2) is 11.4 Å². The Bertz CT molecular complexity index is 451. The van der Waals surface area contributed by atoms with Crippen LogP contribution in [0.1, 0.15) is 40.5 Å². The second kappa shape index (κ2) is 5.34. The van der Waals surface area contributed by atoms with Crippen LogP contribution in [0.5, 0.6) is 0 Å². The number of hydrogen-bond donors (Lipinski definition) is 1. The minimum absolute atomic E-state index is 0.223. The minimum Gasteiger partial charge on any atom is -0.461 e. The predicted octanol–water partition coefficient (Wildman–Crippen LogP) is 1.76. The predicted molar refractivity (Wildman–Crippen MR) is 72.8 cm³/mol. The van der Waals surface area contributed by atoms with Crippen LogP contribution in [0.2, 0.25) is 0 Å². The van der Waals surface area contributed by atoms with Gasteiger partial charge in [-0.25, -0.2) is 9.59 Å². The highest BCUT2D eigenvalue weighted by Crippen LogP contribution is 2.39. The zero-order valence-corrected chi connectivity index (χ0v) is 12.5. The van der Waals surface area contributed by atoms with Gasteiger partial charge in [0, 0.05) is 18.3 Å². The van der Waals surface area contributed by atoms with Crippen molar-refractivity contribution >= 4 is 12.1 Å². The molecule has 1 amide bonds. The van der Waals surface area contributed by atoms with Crippen LogP contribution in [-0.4, -0.2) is 41.8 Å². The molecule has 1 N–H and O–H groups in total. The number of nitrogens with one attached hydrogen (secondary N) is 1. The van der Waals surface area contributed by atoms with E-state index in [1.165, 1.54) is 0 Å². The lowest BCUT2D eigenvalue weighted by molar-refractivity contribution is -0.139. The number of allylic oxidation sites excluding steroid dienone is 1. The van der Waals surface area contributed by atoms with E-state index in [9.17, 15) is 9.59 Å². The molecule has 2 aliphatic heterocycles. The summed E-state index contributed by atoms with van der Waals surface area (Å²) >= 11 is 0. The molecular formula is C14H22N2O4. The van der Waals surface area contributed by atoms with Gasteiger partial charge in [0.2, 0.25) is 0 Å². The number of rotatable bonds is 3. The summed E-state index contributed by atoms with van der Waals surface area (Å²) < 4.78 is 10.2. The number of hydrogen-bond acceptors (Lipinski definition) is 5. The summed E-state index contributed by atoms with van der Waals surface area (Å²) in [5, 5.41) is 2.56. The van der Waals surface area contributed by atoms with E-state index in [4.69, 9.17) is 9.47 Å². The summed E-state index contributed by atoms with van der Waals surface area (Å²) in [4.78, 5) is 26.0. The smallest absolute Gasteiger partial charge is 0.412 e. The van der Waals surface area contributed by atoms with Crippen molar-refractivity contribution in [2.45, 2.75) is 52.2 Å². The number of esters is 1. The summed E-state index contributed by atoms with van der Waals surface area (Å²) in [5.74, 6) is -0.499. The van der Waals surface area contributed by atoms with Gasteiger partial charge >= 0.3 is 12.1 Å². The van der Waals surface area contributed by atoms with Gasteiger partial charge in [-0.2, -0.15) is 0 Å². The Balaban J connectivity index is 2.12. The van der Waals surface area contributed by atoms with Crippen LogP contribution < -0.4 is 5.32 Å². The topological polar surface area (TPSA) is 67.6 Å². The maximum atomic E-state index is 12.0. The number of carbonyl (C=O) groups excluding carboxylic acids is 2. The average Bonchev–Trinajstić information content (AvgIpc) is 2.97. The van der Waals surface area contributed by atoms with E-state index in [1.807, 2.05) is 0 Å². The van der Waals surface area contributed by atoms with Gasteiger partial charge in [0.25, 0.3) is 0 Å². The summed E-state index contributed by atoms with van der Waals surface area (Å²) in [6.45, 7) is 8.30. The summed E-state index contributed by atoms with van der Waals surface area (Å²) in [7, 11) is 0. The van der Waals surface area contributed by atoms with Crippen molar-refractivity contribution < 1.29 is 19.1 Å². The number of carbonyl (C=O) groups is 2. The SMILES string of the molecule is CCOC(=O)/C(NC(=O)OC(C)(C)C)=C1/CC[C@@H]2CN12. The summed E-state index contributed by atoms with van der Waals surface area (Å²) in [6.07, 6.45) is 1.18. The van der Waals surface area contributed by atoms with Crippen LogP contribution in [-0.2, 0) is 14.3 Å². The normalized spacial score (nSPS) is 23.0. The largest absolute Gasteiger partial charge is 0.461 e. The quantitative estimate of drug-likeness (QED) is 0.485. The van der Waals surface area contributed by atoms with E-state index in [1.54, 1.807) is 27.7 Å². The molecule has 0 saturated carbocycles. The van der Waals surface area contributed by atoms with E-state index in [0.29, 0.717) is 6.04 Å². The van der Waals surface area contributed by atoms with E-state index in [0.717, 1.165) is 25.1 Å². The second-order valence-electron chi connectivity index (χ2n) is 6.01. The molecule has 2 rings (SSSR count). The number of amides is 1. The van der Waals surface area contributed by atoms with Gasteiger partial charge in [0.1, 0.15) is 11.3 Å². The zero-order chi connectivity index (χ0) is 14.9. The molecule has 1 atom stereocenters. The van der Waals surface area contributed by atoms with Crippen LogP contribution in [0, 0.1) is 0 Å². The molecule has 112 valence electrons. The molecular weight excluding hydrogens is 260 g/mol. The fraction of sp³-hybridized carbons (Fsp3) is 0.714. The number of alkyl carbamates (subject to hydrolysis) is 1. The molecule has 6 nitrogen and oxygen atoms in total. The van der Waals surface area contributed by atoms with Crippen molar-refractivity contribution in [1.29, 1.82) is 0 Å². The van der Waals surface area contributed by atoms with Gasteiger partial charge in [0.15, 0.2) is 0 Å². The first kappa shape index (κ1) is 14.7. The molecule has 2 aliphatic rings. The molecule has 0 aromatic rings. The Kier molecular flexibility index (Phi) is 3.92. The Morgan fingerprint density at radius 3 is 2.55 bits per heavy atom. The molecule has 20 heavy (non-hydrogen) atoms. The molecule has 0 unspecified atom stereocenters. The Hall–Kier alpha value is -1.72. The highest BCUT2D eigenvalue weighted by Gasteiger charge is 2.44. The maximum Gasteiger partial charge on any atom is 0.412 e. The number of fused-ring (bicyclic) bond motifs is 1. The van der Waals surface area contributed by atoms with Gasteiger partial charge in [-0.15, -0.1) is 0 Å². The van der Waals surface area contributed by atoms with Crippen molar-refractivity contribution in [2.24, 2.45) is 0 Å². The molecule has 0 aromatic heterocycles. The van der Waals surface area contributed by atoms with Crippen LogP contribution in [0.4, 0.5) is 4.79 Å². The monoisotopic (exact) mass is 282 g/mol. The van der Waals surface area contributed by atoms with Gasteiger partial charge in [0.05, 0.1) is 6.61 Å². The first-order valence-corrected chi connectivity index (χ1v) is 6.98. The third-order valence-electron chi connectivity index (χ3n) is 3.17. The van der Waals surface area contributed by atoms with Crippen LogP contribution >= 0.6 is 0 Å². The summed E-state index contributed by atoms with van der Waals surface area (Å²) in [6, 6.07) is 0.523. The molecule has 0 aromatic carbocycles. The fourth-order valence-electron chi connectivity index (χ4n) is 2.32. The third-order valence-corrected chi connectivity index (χ3v) is 3.17. The van der Waals surface area contributed by atoms with Gasteiger partial charge in [-0.3, -0.25) is 5.32 Å². The van der Waals surface area contributed by atoms with Crippen molar-refractivity contribution in [3.8, 4) is 0 Å². The molecule has 2 heterocycles. The standard InChI is InChI=1S/C14H22N2O4/c1-5-19-12(17)11(10-7-6-9-8-16(9)10)15-13(18)20-14(2,3)4/h9H,5-8H2,1-4H3,(H,15,18)/b11-10+/t9-,16?/m1/s1. The van der Waals surface area contributed by atoms with E-state index in [-0.39, 0.29) is 12.3 Å². The Labute approximate surface area is 119 Å². The minimum atomic E-state index is -0.627. The molecule has 0 radical (unpaired) electrons. The molecule has 0 bridgehead atoms. The second-order valence-corrected chi connectivity index (χ2v) is 6.01. The Morgan fingerprint density at radius 2 is 2.10 bits per heavy atom. The first-order valence-electron chi connectivity index (χ1n) is 6.98. The zero-order valence-electron chi connectivity index (χ0n) is 12.5. The molecule has 2 saturated heterocycles. The molecule has 0 spiro atoms. The molecule has 0 aliphatic carbocycles. The lowest BCUT2D eigenvalue weighted by Crippen LogP contribution is -2.36. The number of piperidine rings is 1. The lowest BCUT2D eigenvalue weighted by Gasteiger charge is -2.21.